The predicted molar refractivity (Wildman–Crippen MR) is 96.6 cm³/mol. The van der Waals surface area contributed by atoms with Crippen molar-refractivity contribution in [3.63, 3.8) is 0 Å². The van der Waals surface area contributed by atoms with Crippen molar-refractivity contribution < 1.29 is 9.21 Å². The maximum Gasteiger partial charge on any atom is 0.266 e. The minimum atomic E-state index is -0.0692. The average molecular weight is 427 g/mol. The number of amides is 1. The van der Waals surface area contributed by atoms with E-state index in [1.165, 1.54) is 11.8 Å². The smallest absolute Gasteiger partial charge is 0.266 e. The van der Waals surface area contributed by atoms with Crippen molar-refractivity contribution in [2.75, 3.05) is 0 Å². The number of furan rings is 1. The van der Waals surface area contributed by atoms with Gasteiger partial charge in [0.05, 0.1) is 11.4 Å². The first-order valence-electron chi connectivity index (χ1n) is 6.18. The second kappa shape index (κ2) is 6.33. The van der Waals surface area contributed by atoms with Gasteiger partial charge in [-0.05, 0) is 40.3 Å². The monoisotopic (exact) mass is 427 g/mol. The number of hydrogen-bond acceptors (Lipinski definition) is 4. The Labute approximate surface area is 145 Å². The Kier molecular flexibility index (Phi) is 4.46. The number of carbonyl (C=O) groups is 1. The average Bonchev–Trinajstić information content (AvgIpc) is 2.99. The van der Waals surface area contributed by atoms with Gasteiger partial charge in [-0.2, -0.15) is 0 Å². The molecule has 0 saturated carbocycles. The molecule has 0 aliphatic carbocycles. The molecule has 1 aromatic heterocycles. The lowest BCUT2D eigenvalue weighted by Crippen LogP contribution is -2.27. The number of nitrogens with zero attached hydrogens (tertiary/aromatic N) is 1. The molecule has 1 amide bonds. The summed E-state index contributed by atoms with van der Waals surface area (Å²) in [5, 5.41) is 0. The van der Waals surface area contributed by atoms with Gasteiger partial charge in [0.25, 0.3) is 5.91 Å². The molecule has 1 aliphatic rings. The highest BCUT2D eigenvalue weighted by Gasteiger charge is 2.32. The summed E-state index contributed by atoms with van der Waals surface area (Å²) in [6, 6.07) is 13.5. The van der Waals surface area contributed by atoms with Gasteiger partial charge >= 0.3 is 0 Å². The fourth-order valence-electron chi connectivity index (χ4n) is 1.94. The molecule has 0 bridgehead atoms. The summed E-state index contributed by atoms with van der Waals surface area (Å²) in [5.74, 6) is 0.597. The van der Waals surface area contributed by atoms with E-state index in [4.69, 9.17) is 16.6 Å². The lowest BCUT2D eigenvalue weighted by molar-refractivity contribution is -0.122. The number of thioether (sulfide) groups is 1. The van der Waals surface area contributed by atoms with Crippen LogP contribution in [-0.4, -0.2) is 15.1 Å². The summed E-state index contributed by atoms with van der Waals surface area (Å²) < 4.78 is 6.84. The molecule has 6 heteroatoms. The third-order valence-electron chi connectivity index (χ3n) is 2.92. The van der Waals surface area contributed by atoms with E-state index in [1.54, 1.807) is 11.0 Å². The predicted octanol–water partition coefficient (Wildman–Crippen LogP) is 4.29. The molecule has 2 aromatic rings. The van der Waals surface area contributed by atoms with Crippen molar-refractivity contribution in [2.45, 2.75) is 6.54 Å². The number of benzene rings is 1. The normalized spacial score (nSPS) is 17.0. The van der Waals surface area contributed by atoms with E-state index in [1.807, 2.05) is 42.5 Å². The van der Waals surface area contributed by atoms with Crippen LogP contribution in [0.5, 0.6) is 0 Å². The van der Waals surface area contributed by atoms with Gasteiger partial charge in [0.2, 0.25) is 0 Å². The molecule has 1 saturated heterocycles. The van der Waals surface area contributed by atoms with Gasteiger partial charge in [-0.15, -0.1) is 0 Å². The Morgan fingerprint density at radius 1 is 1.24 bits per heavy atom. The van der Waals surface area contributed by atoms with Crippen molar-refractivity contribution in [3.8, 4) is 0 Å². The number of thiocarbonyl (C=S) groups is 1. The molecule has 0 N–H and O–H groups in total. The molecule has 1 fully saturated rings. The molecule has 0 radical (unpaired) electrons. The molecular weight excluding hydrogens is 417 g/mol. The van der Waals surface area contributed by atoms with Gasteiger partial charge in [-0.3, -0.25) is 9.69 Å². The molecule has 0 unspecified atom stereocenters. The van der Waals surface area contributed by atoms with Crippen molar-refractivity contribution in [2.24, 2.45) is 0 Å². The van der Waals surface area contributed by atoms with Crippen LogP contribution < -0.4 is 0 Å². The molecule has 0 spiro atoms. The van der Waals surface area contributed by atoms with Crippen LogP contribution in [0.1, 0.15) is 11.3 Å². The number of rotatable bonds is 3. The molecule has 21 heavy (non-hydrogen) atoms. The minimum Gasteiger partial charge on any atom is -0.451 e. The van der Waals surface area contributed by atoms with E-state index in [0.29, 0.717) is 21.5 Å². The quantitative estimate of drug-likeness (QED) is 0.416. The van der Waals surface area contributed by atoms with E-state index < -0.39 is 0 Å². The van der Waals surface area contributed by atoms with Crippen LogP contribution in [-0.2, 0) is 11.3 Å². The highest BCUT2D eigenvalue weighted by atomic mass is 127. The summed E-state index contributed by atoms with van der Waals surface area (Å²) in [5.41, 5.74) is 1.06. The van der Waals surface area contributed by atoms with Crippen molar-refractivity contribution in [3.05, 3.63) is 62.5 Å². The van der Waals surface area contributed by atoms with Crippen LogP contribution in [0.4, 0.5) is 0 Å². The zero-order valence-electron chi connectivity index (χ0n) is 10.8. The lowest BCUT2D eigenvalue weighted by Gasteiger charge is -2.14. The second-order valence-corrected chi connectivity index (χ2v) is 7.13. The standard InChI is InChI=1S/C15H10INO2S2/c16-13-7-6-11(19-13)8-12-14(18)17(15(20)21-12)9-10-4-2-1-3-5-10/h1-8H,9H2. The molecule has 2 heterocycles. The maximum absolute atomic E-state index is 12.4. The SMILES string of the molecule is O=C1C(=Cc2ccc(I)o2)SC(=S)N1Cc1ccccc1. The first-order chi connectivity index (χ1) is 10.1. The third-order valence-corrected chi connectivity index (χ3v) is 4.88. The van der Waals surface area contributed by atoms with Crippen LogP contribution >= 0.6 is 46.6 Å². The largest absolute Gasteiger partial charge is 0.451 e. The van der Waals surface area contributed by atoms with Crippen LogP contribution in [0, 0.1) is 3.77 Å². The van der Waals surface area contributed by atoms with Crippen molar-refractivity contribution in [1.82, 2.24) is 4.90 Å². The number of hydrogen-bond donors (Lipinski definition) is 0. The summed E-state index contributed by atoms with van der Waals surface area (Å²) in [6.07, 6.45) is 1.74. The molecular formula is C15H10INO2S2. The first kappa shape index (κ1) is 14.8. The Morgan fingerprint density at radius 2 is 2.00 bits per heavy atom. The summed E-state index contributed by atoms with van der Waals surface area (Å²) in [4.78, 5) is 14.7. The molecule has 106 valence electrons. The van der Waals surface area contributed by atoms with E-state index in [0.717, 1.165) is 9.33 Å². The fourth-order valence-corrected chi connectivity index (χ4v) is 3.61. The van der Waals surface area contributed by atoms with Gasteiger partial charge in [-0.25, -0.2) is 0 Å². The minimum absolute atomic E-state index is 0.0692. The van der Waals surface area contributed by atoms with E-state index in [2.05, 4.69) is 22.6 Å². The van der Waals surface area contributed by atoms with Crippen molar-refractivity contribution >= 4 is 62.9 Å². The van der Waals surface area contributed by atoms with Crippen LogP contribution in [0.25, 0.3) is 6.08 Å². The molecule has 3 nitrogen and oxygen atoms in total. The molecule has 1 aliphatic heterocycles. The highest BCUT2D eigenvalue weighted by Crippen LogP contribution is 2.33. The highest BCUT2D eigenvalue weighted by molar-refractivity contribution is 14.1. The number of carbonyl (C=O) groups excluding carboxylic acids is 1. The van der Waals surface area contributed by atoms with Gasteiger partial charge in [0, 0.05) is 6.08 Å². The van der Waals surface area contributed by atoms with E-state index in [9.17, 15) is 4.79 Å². The zero-order chi connectivity index (χ0) is 14.8. The van der Waals surface area contributed by atoms with E-state index >= 15 is 0 Å². The molecule has 0 atom stereocenters. The van der Waals surface area contributed by atoms with Gasteiger partial charge in [0.15, 0.2) is 3.77 Å². The Balaban J connectivity index is 1.81. The molecule has 1 aromatic carbocycles. The van der Waals surface area contributed by atoms with Crippen LogP contribution in [0.3, 0.4) is 0 Å². The van der Waals surface area contributed by atoms with Gasteiger partial charge in [-0.1, -0.05) is 54.3 Å². The number of halogens is 1. The topological polar surface area (TPSA) is 33.5 Å². The Morgan fingerprint density at radius 3 is 2.67 bits per heavy atom. The van der Waals surface area contributed by atoms with Crippen molar-refractivity contribution in [1.29, 1.82) is 0 Å². The second-order valence-electron chi connectivity index (χ2n) is 4.40. The van der Waals surface area contributed by atoms with E-state index in [-0.39, 0.29) is 5.91 Å². The third kappa shape index (κ3) is 3.38. The lowest BCUT2D eigenvalue weighted by atomic mass is 10.2. The fraction of sp³-hybridized carbons (Fsp3) is 0.0667. The Hall–Kier alpha value is -1.12. The summed E-state index contributed by atoms with van der Waals surface area (Å²) in [7, 11) is 0. The molecule has 3 rings (SSSR count). The maximum atomic E-state index is 12.4. The summed E-state index contributed by atoms with van der Waals surface area (Å²) >= 11 is 8.71. The summed E-state index contributed by atoms with van der Waals surface area (Å²) in [6.45, 7) is 0.499. The van der Waals surface area contributed by atoms with Crippen LogP contribution in [0.15, 0.2) is 51.8 Å². The van der Waals surface area contributed by atoms with Gasteiger partial charge < -0.3 is 4.42 Å². The first-order valence-corrected chi connectivity index (χ1v) is 8.48. The zero-order valence-corrected chi connectivity index (χ0v) is 14.6. The van der Waals surface area contributed by atoms with Gasteiger partial charge in [0.1, 0.15) is 10.1 Å². The Bertz CT molecular complexity index is 724. The van der Waals surface area contributed by atoms with Crippen LogP contribution in [0.2, 0.25) is 0 Å².